The summed E-state index contributed by atoms with van der Waals surface area (Å²) >= 11 is 0. The molecule has 0 radical (unpaired) electrons. The molecule has 0 atom stereocenters. The van der Waals surface area contributed by atoms with Crippen LogP contribution in [0.2, 0.25) is 0 Å². The first kappa shape index (κ1) is 11.4. The molecule has 0 aromatic heterocycles. The van der Waals surface area contributed by atoms with E-state index in [1.165, 1.54) is 6.42 Å². The SMILES string of the molecule is CC1(CO)CC2CC(C1)CC(C)(CO)C2. The Morgan fingerprint density at radius 3 is 1.47 bits per heavy atom. The fourth-order valence-electron chi connectivity index (χ4n) is 4.16. The van der Waals surface area contributed by atoms with E-state index in [4.69, 9.17) is 0 Å². The Morgan fingerprint density at radius 2 is 1.20 bits per heavy atom. The topological polar surface area (TPSA) is 40.5 Å². The molecular formula is C13H24O2. The Labute approximate surface area is 92.7 Å². The molecule has 2 nitrogen and oxygen atoms in total. The summed E-state index contributed by atoms with van der Waals surface area (Å²) in [6, 6.07) is 0. The number of rotatable bonds is 2. The normalized spacial score (nSPS) is 50.4. The summed E-state index contributed by atoms with van der Waals surface area (Å²) in [5, 5.41) is 18.9. The van der Waals surface area contributed by atoms with E-state index in [1.54, 1.807) is 0 Å². The van der Waals surface area contributed by atoms with E-state index in [9.17, 15) is 10.2 Å². The zero-order chi connectivity index (χ0) is 11.1. The van der Waals surface area contributed by atoms with E-state index in [0.717, 1.165) is 37.5 Å². The lowest BCUT2D eigenvalue weighted by atomic mass is 9.56. The maximum atomic E-state index is 9.44. The Bertz CT molecular complexity index is 201. The van der Waals surface area contributed by atoms with Gasteiger partial charge in [0.2, 0.25) is 0 Å². The van der Waals surface area contributed by atoms with Gasteiger partial charge in [0.15, 0.2) is 0 Å². The third kappa shape index (κ3) is 2.21. The van der Waals surface area contributed by atoms with Crippen LogP contribution < -0.4 is 0 Å². The number of fused-ring (bicyclic) bond motifs is 2. The van der Waals surface area contributed by atoms with Gasteiger partial charge in [-0.15, -0.1) is 0 Å². The van der Waals surface area contributed by atoms with Gasteiger partial charge in [-0.25, -0.2) is 0 Å². The summed E-state index contributed by atoms with van der Waals surface area (Å²) in [4.78, 5) is 0. The molecule has 88 valence electrons. The lowest BCUT2D eigenvalue weighted by Crippen LogP contribution is -2.43. The smallest absolute Gasteiger partial charge is 0.0484 e. The predicted octanol–water partition coefficient (Wildman–Crippen LogP) is 2.19. The number of hydrogen-bond acceptors (Lipinski definition) is 2. The zero-order valence-corrected chi connectivity index (χ0v) is 10.00. The van der Waals surface area contributed by atoms with Crippen molar-refractivity contribution < 1.29 is 10.2 Å². The molecule has 2 fully saturated rings. The summed E-state index contributed by atoms with van der Waals surface area (Å²) in [6.45, 7) is 5.09. The number of aliphatic hydroxyl groups is 2. The highest BCUT2D eigenvalue weighted by Crippen LogP contribution is 2.53. The lowest BCUT2D eigenvalue weighted by Gasteiger charge is -2.50. The number of aliphatic hydroxyl groups excluding tert-OH is 2. The molecule has 0 heterocycles. The second-order valence-corrected chi connectivity index (χ2v) is 6.72. The third-order valence-corrected chi connectivity index (χ3v) is 4.56. The van der Waals surface area contributed by atoms with Gasteiger partial charge >= 0.3 is 0 Å². The van der Waals surface area contributed by atoms with E-state index in [2.05, 4.69) is 13.8 Å². The van der Waals surface area contributed by atoms with Gasteiger partial charge < -0.3 is 10.2 Å². The quantitative estimate of drug-likeness (QED) is 0.736. The van der Waals surface area contributed by atoms with E-state index in [0.29, 0.717) is 13.2 Å². The summed E-state index contributed by atoms with van der Waals surface area (Å²) in [5.74, 6) is 1.46. The van der Waals surface area contributed by atoms with Crippen molar-refractivity contribution in [3.8, 4) is 0 Å². The Kier molecular flexibility index (Phi) is 2.85. The highest BCUT2D eigenvalue weighted by atomic mass is 16.3. The summed E-state index contributed by atoms with van der Waals surface area (Å²) in [5.41, 5.74) is 0.314. The molecule has 15 heavy (non-hydrogen) atoms. The second kappa shape index (κ2) is 3.74. The predicted molar refractivity (Wildman–Crippen MR) is 60.5 cm³/mol. The third-order valence-electron chi connectivity index (χ3n) is 4.56. The van der Waals surface area contributed by atoms with Gasteiger partial charge in [-0.1, -0.05) is 13.8 Å². The highest BCUT2D eigenvalue weighted by molar-refractivity contribution is 4.95. The molecule has 0 unspecified atom stereocenters. The first-order valence-corrected chi connectivity index (χ1v) is 6.20. The van der Waals surface area contributed by atoms with E-state index in [1.807, 2.05) is 0 Å². The van der Waals surface area contributed by atoms with Crippen molar-refractivity contribution in [1.82, 2.24) is 0 Å². The molecule has 2 bridgehead atoms. The zero-order valence-electron chi connectivity index (χ0n) is 10.00. The maximum Gasteiger partial charge on any atom is 0.0484 e. The minimum absolute atomic E-state index is 0.157. The lowest BCUT2D eigenvalue weighted by molar-refractivity contribution is -0.0400. The largest absolute Gasteiger partial charge is 0.396 e. The van der Waals surface area contributed by atoms with Gasteiger partial charge in [0.1, 0.15) is 0 Å². The van der Waals surface area contributed by atoms with Crippen LogP contribution in [0, 0.1) is 22.7 Å². The number of hydrogen-bond donors (Lipinski definition) is 2. The van der Waals surface area contributed by atoms with Crippen LogP contribution in [0.3, 0.4) is 0 Å². The Balaban J connectivity index is 2.09. The average molecular weight is 212 g/mol. The van der Waals surface area contributed by atoms with Crippen LogP contribution in [-0.2, 0) is 0 Å². The summed E-state index contributed by atoms with van der Waals surface area (Å²) < 4.78 is 0. The van der Waals surface area contributed by atoms with E-state index in [-0.39, 0.29) is 10.8 Å². The molecule has 2 saturated carbocycles. The molecule has 2 aliphatic carbocycles. The maximum absolute atomic E-state index is 9.44. The van der Waals surface area contributed by atoms with E-state index >= 15 is 0 Å². The molecule has 2 heteroatoms. The monoisotopic (exact) mass is 212 g/mol. The highest BCUT2D eigenvalue weighted by Gasteiger charge is 2.45. The Hall–Kier alpha value is -0.0800. The minimum Gasteiger partial charge on any atom is -0.396 e. The van der Waals surface area contributed by atoms with Gasteiger partial charge in [-0.3, -0.25) is 0 Å². The van der Waals surface area contributed by atoms with Gasteiger partial charge in [-0.05, 0) is 54.8 Å². The molecule has 0 aromatic carbocycles. The first-order valence-electron chi connectivity index (χ1n) is 6.20. The molecule has 0 amide bonds. The molecule has 2 aliphatic rings. The van der Waals surface area contributed by atoms with Crippen LogP contribution in [0.4, 0.5) is 0 Å². The molecule has 0 aliphatic heterocycles. The molecule has 0 spiro atoms. The van der Waals surface area contributed by atoms with Gasteiger partial charge in [0.05, 0.1) is 0 Å². The van der Waals surface area contributed by atoms with Crippen LogP contribution in [-0.4, -0.2) is 23.4 Å². The molecule has 2 rings (SSSR count). The van der Waals surface area contributed by atoms with Gasteiger partial charge in [-0.2, -0.15) is 0 Å². The van der Waals surface area contributed by atoms with Crippen molar-refractivity contribution in [3.05, 3.63) is 0 Å². The minimum atomic E-state index is 0.157. The molecule has 0 aromatic rings. The van der Waals surface area contributed by atoms with Crippen molar-refractivity contribution in [3.63, 3.8) is 0 Å². The fourth-order valence-corrected chi connectivity index (χ4v) is 4.16. The average Bonchev–Trinajstić information content (AvgIpc) is 2.16. The van der Waals surface area contributed by atoms with Gasteiger partial charge in [0, 0.05) is 13.2 Å². The van der Waals surface area contributed by atoms with Crippen LogP contribution in [0.25, 0.3) is 0 Å². The second-order valence-electron chi connectivity index (χ2n) is 6.72. The molecular weight excluding hydrogens is 188 g/mol. The molecule has 0 saturated heterocycles. The standard InChI is InChI=1S/C13H24O2/c1-12(8-14)4-10-3-11(5-12)7-13(2,6-10)9-15/h10-11,14-15H,3-9H2,1-2H3. The Morgan fingerprint density at radius 1 is 0.867 bits per heavy atom. The van der Waals surface area contributed by atoms with Crippen LogP contribution in [0.15, 0.2) is 0 Å². The van der Waals surface area contributed by atoms with Crippen molar-refractivity contribution in [2.75, 3.05) is 13.2 Å². The van der Waals surface area contributed by atoms with Crippen molar-refractivity contribution in [2.45, 2.75) is 46.0 Å². The van der Waals surface area contributed by atoms with Crippen molar-refractivity contribution >= 4 is 0 Å². The van der Waals surface area contributed by atoms with Gasteiger partial charge in [0.25, 0.3) is 0 Å². The van der Waals surface area contributed by atoms with Crippen LogP contribution in [0.1, 0.15) is 46.0 Å². The van der Waals surface area contributed by atoms with Crippen molar-refractivity contribution in [1.29, 1.82) is 0 Å². The van der Waals surface area contributed by atoms with Crippen LogP contribution in [0.5, 0.6) is 0 Å². The molecule has 2 N–H and O–H groups in total. The van der Waals surface area contributed by atoms with Crippen molar-refractivity contribution in [2.24, 2.45) is 22.7 Å². The fraction of sp³-hybridized carbons (Fsp3) is 1.00. The first-order chi connectivity index (χ1) is 6.99. The summed E-state index contributed by atoms with van der Waals surface area (Å²) in [6.07, 6.45) is 5.92. The van der Waals surface area contributed by atoms with E-state index < -0.39 is 0 Å². The van der Waals surface area contributed by atoms with Crippen LogP contribution >= 0.6 is 0 Å². The summed E-state index contributed by atoms with van der Waals surface area (Å²) in [7, 11) is 0.